The van der Waals surface area contributed by atoms with Gasteiger partial charge in [-0.05, 0) is 18.2 Å². The molecule has 12 heteroatoms. The summed E-state index contributed by atoms with van der Waals surface area (Å²) in [5.74, 6) is -1.23. The van der Waals surface area contributed by atoms with Gasteiger partial charge in [-0.3, -0.25) is 8.98 Å². The number of benzene rings is 2. The monoisotopic (exact) mass is 543 g/mol. The third kappa shape index (κ3) is 5.28. The van der Waals surface area contributed by atoms with Crippen molar-refractivity contribution in [3.8, 4) is 11.1 Å². The van der Waals surface area contributed by atoms with Crippen LogP contribution in [0.15, 0.2) is 51.7 Å². The van der Waals surface area contributed by atoms with Gasteiger partial charge < -0.3 is 18.4 Å². The average Bonchev–Trinajstić information content (AvgIpc) is 2.90. The summed E-state index contributed by atoms with van der Waals surface area (Å²) in [6.07, 6.45) is 0. The summed E-state index contributed by atoms with van der Waals surface area (Å²) in [5, 5.41) is 0.793. The number of nitrogens with zero attached hydrogens (tertiary/aromatic N) is 1. The van der Waals surface area contributed by atoms with E-state index in [4.69, 9.17) is 13.9 Å². The van der Waals surface area contributed by atoms with Crippen LogP contribution in [0.3, 0.4) is 0 Å². The number of fused-ring (bicyclic) bond motifs is 2. The Hall–Kier alpha value is -4.13. The first-order valence-electron chi connectivity index (χ1n) is 11.0. The van der Waals surface area contributed by atoms with Gasteiger partial charge in [0.05, 0.1) is 32.1 Å². The van der Waals surface area contributed by atoms with Gasteiger partial charge in [-0.1, -0.05) is 24.3 Å². The van der Waals surface area contributed by atoms with E-state index in [0.29, 0.717) is 38.9 Å². The number of ether oxygens (including phenoxy) is 2. The van der Waals surface area contributed by atoms with Gasteiger partial charge in [0, 0.05) is 25.0 Å². The van der Waals surface area contributed by atoms with E-state index in [0.717, 1.165) is 7.11 Å². The number of esters is 2. The van der Waals surface area contributed by atoms with Gasteiger partial charge in [-0.25, -0.2) is 22.6 Å². The predicted molar refractivity (Wildman–Crippen MR) is 135 cm³/mol. The van der Waals surface area contributed by atoms with Crippen molar-refractivity contribution in [2.24, 2.45) is 7.05 Å². The second-order valence-electron chi connectivity index (χ2n) is 8.02. The standard InChI is InChI=1S/C25H22NO6.CH4O4S/c1-13-19(24(28)30-4)21(20(25(29)31-5)14(2)26(13)3)16-10-8-11-17-22(27)15-9-6-7-12-18(15)32-23(16)17;1-5-6(2,3)4/h6-12H,1-5H3;1H3,(H,2,3,4)/q+1;/p-1. The SMILES string of the molecule is COC(=O)c1c(-c2cccc3c(=O)c4ccccc4oc23)c(C(=O)OC)c(C)[n+](C)c1C.COS(=O)(=O)[O-]. The van der Waals surface area contributed by atoms with Crippen LogP contribution in [0.2, 0.25) is 0 Å². The van der Waals surface area contributed by atoms with Crippen LogP contribution in [-0.2, 0) is 31.1 Å². The van der Waals surface area contributed by atoms with Gasteiger partial charge in [-0.15, -0.1) is 0 Å². The maximum Gasteiger partial charge on any atom is 0.344 e. The highest BCUT2D eigenvalue weighted by Gasteiger charge is 2.34. The minimum absolute atomic E-state index is 0.196. The van der Waals surface area contributed by atoms with Crippen molar-refractivity contribution < 1.29 is 45.2 Å². The van der Waals surface area contributed by atoms with Crippen LogP contribution >= 0.6 is 0 Å². The molecule has 0 unspecified atom stereocenters. The van der Waals surface area contributed by atoms with Crippen molar-refractivity contribution in [2.75, 3.05) is 21.3 Å². The summed E-state index contributed by atoms with van der Waals surface area (Å²) in [6, 6.07) is 12.0. The Kier molecular flexibility index (Phi) is 8.30. The van der Waals surface area contributed by atoms with Crippen molar-refractivity contribution >= 4 is 44.3 Å². The van der Waals surface area contributed by atoms with Crippen molar-refractivity contribution in [3.63, 3.8) is 0 Å². The molecule has 0 fully saturated rings. The first-order chi connectivity index (χ1) is 17.9. The van der Waals surface area contributed by atoms with Gasteiger partial charge in [0.2, 0.25) is 15.8 Å². The van der Waals surface area contributed by atoms with Crippen molar-refractivity contribution in [1.29, 1.82) is 0 Å². The van der Waals surface area contributed by atoms with Crippen LogP contribution in [0.1, 0.15) is 32.1 Å². The van der Waals surface area contributed by atoms with Crippen LogP contribution in [0.25, 0.3) is 33.1 Å². The summed E-state index contributed by atoms with van der Waals surface area (Å²) in [4.78, 5) is 38.9. The minimum atomic E-state index is -4.41. The zero-order valence-corrected chi connectivity index (χ0v) is 22.3. The molecule has 0 atom stereocenters. The Morgan fingerprint density at radius 1 is 0.868 bits per heavy atom. The van der Waals surface area contributed by atoms with E-state index in [1.54, 1.807) is 67.9 Å². The number of hydrogen-bond donors (Lipinski definition) is 0. The average molecular weight is 544 g/mol. The second-order valence-corrected chi connectivity index (χ2v) is 9.17. The van der Waals surface area contributed by atoms with E-state index in [1.165, 1.54) is 14.2 Å². The molecule has 0 saturated heterocycles. The Morgan fingerprint density at radius 3 is 1.87 bits per heavy atom. The molecule has 4 rings (SSSR count). The molecule has 0 amide bonds. The van der Waals surface area contributed by atoms with Crippen molar-refractivity contribution in [2.45, 2.75) is 13.8 Å². The number of hydrogen-bond acceptors (Lipinski definition) is 10. The highest BCUT2D eigenvalue weighted by atomic mass is 32.3. The smallest absolute Gasteiger partial charge is 0.344 e. The topological polar surface area (TPSA) is 153 Å². The second kappa shape index (κ2) is 11.1. The molecule has 38 heavy (non-hydrogen) atoms. The molecule has 2 heterocycles. The lowest BCUT2D eigenvalue weighted by Crippen LogP contribution is -2.40. The van der Waals surface area contributed by atoms with Crippen LogP contribution in [0, 0.1) is 13.8 Å². The third-order valence-electron chi connectivity index (χ3n) is 6.09. The molecule has 0 saturated carbocycles. The zero-order chi connectivity index (χ0) is 28.4. The molecular weight excluding hydrogens is 518 g/mol. The number of carbonyl (C=O) groups is 2. The Morgan fingerprint density at radius 2 is 1.37 bits per heavy atom. The number of aromatic nitrogens is 1. The number of rotatable bonds is 4. The molecule has 4 aromatic rings. The van der Waals surface area contributed by atoms with Crippen LogP contribution in [0.4, 0.5) is 0 Å². The zero-order valence-electron chi connectivity index (χ0n) is 21.5. The van der Waals surface area contributed by atoms with E-state index < -0.39 is 22.3 Å². The molecule has 0 bridgehead atoms. The lowest BCUT2D eigenvalue weighted by atomic mass is 9.90. The van der Waals surface area contributed by atoms with Gasteiger partial charge in [-0.2, -0.15) is 0 Å². The summed E-state index contributed by atoms with van der Waals surface area (Å²) >= 11 is 0. The molecular formula is C26H25NO10S. The van der Waals surface area contributed by atoms with Crippen molar-refractivity contribution in [3.05, 3.63) is 75.2 Å². The molecule has 0 aliphatic carbocycles. The number of methoxy groups -OCH3 is 2. The fourth-order valence-corrected chi connectivity index (χ4v) is 4.07. The van der Waals surface area contributed by atoms with E-state index >= 15 is 0 Å². The largest absolute Gasteiger partial charge is 0.726 e. The first-order valence-corrected chi connectivity index (χ1v) is 12.4. The van der Waals surface area contributed by atoms with Gasteiger partial charge in [0.1, 0.15) is 29.3 Å². The summed E-state index contributed by atoms with van der Waals surface area (Å²) in [7, 11) is 0.705. The quantitative estimate of drug-likeness (QED) is 0.123. The van der Waals surface area contributed by atoms with Gasteiger partial charge in [0.25, 0.3) is 0 Å². The normalized spacial score (nSPS) is 11.1. The maximum absolute atomic E-state index is 13.2. The Bertz CT molecular complexity index is 1700. The molecule has 0 N–H and O–H groups in total. The summed E-state index contributed by atoms with van der Waals surface area (Å²) in [5.41, 5.74) is 2.81. The van der Waals surface area contributed by atoms with E-state index in [2.05, 4.69) is 4.18 Å². The summed E-state index contributed by atoms with van der Waals surface area (Å²) in [6.45, 7) is 3.53. The van der Waals surface area contributed by atoms with Crippen molar-refractivity contribution in [1.82, 2.24) is 0 Å². The highest BCUT2D eigenvalue weighted by Crippen LogP contribution is 2.36. The number of pyridine rings is 1. The van der Waals surface area contributed by atoms with E-state index in [-0.39, 0.29) is 22.1 Å². The Balaban J connectivity index is 0.000000599. The summed E-state index contributed by atoms with van der Waals surface area (Å²) < 4.78 is 49.0. The van der Waals surface area contributed by atoms with Gasteiger partial charge >= 0.3 is 11.9 Å². The molecule has 0 radical (unpaired) electrons. The van der Waals surface area contributed by atoms with Gasteiger partial charge in [0.15, 0.2) is 11.4 Å². The van der Waals surface area contributed by atoms with Crippen LogP contribution in [0.5, 0.6) is 0 Å². The maximum atomic E-state index is 13.2. The first kappa shape index (κ1) is 28.4. The molecule has 11 nitrogen and oxygen atoms in total. The third-order valence-corrected chi connectivity index (χ3v) is 6.49. The van der Waals surface area contributed by atoms with Crippen LogP contribution in [-0.4, -0.2) is 46.2 Å². The molecule has 2 aromatic heterocycles. The number of para-hydroxylation sites is 2. The lowest BCUT2D eigenvalue weighted by Gasteiger charge is -2.17. The highest BCUT2D eigenvalue weighted by molar-refractivity contribution is 7.80. The Labute approximate surface area is 218 Å². The molecule has 0 spiro atoms. The molecule has 200 valence electrons. The predicted octanol–water partition coefficient (Wildman–Crippen LogP) is 2.72. The lowest BCUT2D eigenvalue weighted by molar-refractivity contribution is -0.683. The van der Waals surface area contributed by atoms with E-state index in [1.807, 2.05) is 0 Å². The molecule has 2 aromatic carbocycles. The molecule has 0 aliphatic heterocycles. The number of carbonyl (C=O) groups excluding carboxylic acids is 2. The molecule has 0 aliphatic rings. The minimum Gasteiger partial charge on any atom is -0.726 e. The fourth-order valence-electron chi connectivity index (χ4n) is 4.07. The fraction of sp³-hybridized carbons (Fsp3) is 0.231. The van der Waals surface area contributed by atoms with Crippen LogP contribution < -0.4 is 10.00 Å². The van der Waals surface area contributed by atoms with E-state index in [9.17, 15) is 27.4 Å².